The first-order valence-electron chi connectivity index (χ1n) is 6.50. The maximum Gasteiger partial charge on any atom is 0.135 e. The number of hydrogen-bond donors (Lipinski definition) is 1. The van der Waals surface area contributed by atoms with Gasteiger partial charge in [0.1, 0.15) is 5.01 Å². The zero-order chi connectivity index (χ0) is 14.0. The summed E-state index contributed by atoms with van der Waals surface area (Å²) in [5.74, 6) is 0.453. The molecule has 0 bridgehead atoms. The van der Waals surface area contributed by atoms with Crippen molar-refractivity contribution in [2.75, 3.05) is 0 Å². The van der Waals surface area contributed by atoms with Crippen LogP contribution in [-0.4, -0.2) is 15.5 Å². The summed E-state index contributed by atoms with van der Waals surface area (Å²) in [6.07, 6.45) is 1.90. The van der Waals surface area contributed by atoms with Crippen LogP contribution >= 0.6 is 22.7 Å². The van der Waals surface area contributed by atoms with Gasteiger partial charge in [-0.1, -0.05) is 13.8 Å². The van der Waals surface area contributed by atoms with Crippen LogP contribution in [-0.2, 0) is 6.54 Å². The predicted molar refractivity (Wildman–Crippen MR) is 83.9 cm³/mol. The van der Waals surface area contributed by atoms with E-state index in [1.165, 1.54) is 10.6 Å². The summed E-state index contributed by atoms with van der Waals surface area (Å²) in [5, 5.41) is 4.64. The van der Waals surface area contributed by atoms with Gasteiger partial charge >= 0.3 is 0 Å². The Morgan fingerprint density at radius 1 is 1.32 bits per heavy atom. The average Bonchev–Trinajstić information content (AvgIpc) is 2.94. The lowest BCUT2D eigenvalue weighted by Gasteiger charge is -2.20. The van der Waals surface area contributed by atoms with Gasteiger partial charge in [0.25, 0.3) is 0 Å². The maximum atomic E-state index is 4.80. The topological polar surface area (TPSA) is 37.8 Å². The van der Waals surface area contributed by atoms with Crippen molar-refractivity contribution in [3.63, 3.8) is 0 Å². The molecule has 0 aliphatic rings. The fourth-order valence-electron chi connectivity index (χ4n) is 1.71. The molecule has 0 aromatic carbocycles. The molecule has 2 aromatic heterocycles. The summed E-state index contributed by atoms with van der Waals surface area (Å²) >= 11 is 3.43. The highest BCUT2D eigenvalue weighted by molar-refractivity contribution is 7.20. The molecule has 19 heavy (non-hydrogen) atoms. The van der Waals surface area contributed by atoms with E-state index in [1.54, 1.807) is 22.7 Å². The predicted octanol–water partition coefficient (Wildman–Crippen LogP) is 4.28. The Balaban J connectivity index is 2.26. The van der Waals surface area contributed by atoms with Crippen molar-refractivity contribution in [2.45, 2.75) is 52.6 Å². The Morgan fingerprint density at radius 2 is 2.05 bits per heavy atom. The summed E-state index contributed by atoms with van der Waals surface area (Å²) in [5.41, 5.74) is 3.20. The third-order valence-electron chi connectivity index (χ3n) is 2.70. The molecule has 2 aromatic rings. The fraction of sp³-hybridized carbons (Fsp3) is 0.571. The molecule has 0 saturated heterocycles. The third-order valence-corrected chi connectivity index (χ3v) is 4.71. The SMILES string of the molecule is CC(C)c1nc(-c2cncs2)sc1CNC(C)(C)C. The Labute approximate surface area is 123 Å². The first kappa shape index (κ1) is 14.6. The van der Waals surface area contributed by atoms with Crippen molar-refractivity contribution in [1.29, 1.82) is 0 Å². The maximum absolute atomic E-state index is 4.80. The summed E-state index contributed by atoms with van der Waals surface area (Å²) < 4.78 is 0. The van der Waals surface area contributed by atoms with E-state index >= 15 is 0 Å². The van der Waals surface area contributed by atoms with Crippen LogP contribution < -0.4 is 5.32 Å². The van der Waals surface area contributed by atoms with Crippen molar-refractivity contribution in [3.05, 3.63) is 22.3 Å². The molecule has 0 spiro atoms. The highest BCUT2D eigenvalue weighted by Crippen LogP contribution is 2.33. The zero-order valence-corrected chi connectivity index (χ0v) is 13.8. The van der Waals surface area contributed by atoms with Gasteiger partial charge in [-0.15, -0.1) is 22.7 Å². The van der Waals surface area contributed by atoms with Crippen LogP contribution in [0, 0.1) is 0 Å². The van der Waals surface area contributed by atoms with Crippen LogP contribution in [0.5, 0.6) is 0 Å². The van der Waals surface area contributed by atoms with Crippen LogP contribution in [0.2, 0.25) is 0 Å². The van der Waals surface area contributed by atoms with Crippen LogP contribution in [0.4, 0.5) is 0 Å². The van der Waals surface area contributed by atoms with Gasteiger partial charge in [-0.3, -0.25) is 4.98 Å². The first-order chi connectivity index (χ1) is 8.87. The number of thiazole rings is 2. The third kappa shape index (κ3) is 3.84. The van der Waals surface area contributed by atoms with E-state index in [9.17, 15) is 0 Å². The zero-order valence-electron chi connectivity index (χ0n) is 12.2. The first-order valence-corrected chi connectivity index (χ1v) is 8.20. The molecule has 3 nitrogen and oxygen atoms in total. The Morgan fingerprint density at radius 3 is 2.58 bits per heavy atom. The lowest BCUT2D eigenvalue weighted by atomic mass is 10.1. The molecule has 0 atom stereocenters. The van der Waals surface area contributed by atoms with E-state index in [4.69, 9.17) is 4.98 Å². The minimum Gasteiger partial charge on any atom is -0.307 e. The van der Waals surface area contributed by atoms with Gasteiger partial charge in [0.05, 0.1) is 16.1 Å². The number of hydrogen-bond acceptors (Lipinski definition) is 5. The molecule has 1 N–H and O–H groups in total. The van der Waals surface area contributed by atoms with Gasteiger partial charge in [0.15, 0.2) is 0 Å². The molecule has 0 unspecified atom stereocenters. The molecule has 0 amide bonds. The molecule has 104 valence electrons. The molecule has 2 heterocycles. The molecule has 0 saturated carbocycles. The fourth-order valence-corrected chi connectivity index (χ4v) is 3.55. The minimum absolute atomic E-state index is 0.128. The van der Waals surface area contributed by atoms with Gasteiger partial charge < -0.3 is 5.32 Å². The molecule has 0 fully saturated rings. The Hall–Kier alpha value is -0.780. The molecule has 0 aliphatic carbocycles. The van der Waals surface area contributed by atoms with Crippen molar-refractivity contribution < 1.29 is 0 Å². The molecular weight excluding hydrogens is 274 g/mol. The second-order valence-electron chi connectivity index (χ2n) is 5.95. The van der Waals surface area contributed by atoms with E-state index < -0.39 is 0 Å². The lowest BCUT2D eigenvalue weighted by molar-refractivity contribution is 0.425. The lowest BCUT2D eigenvalue weighted by Crippen LogP contribution is -2.35. The standard InChI is InChI=1S/C14H21N3S2/c1-9(2)12-10(7-16-14(3,4)5)19-13(17-12)11-6-15-8-18-11/h6,8-9,16H,7H2,1-5H3. The summed E-state index contributed by atoms with van der Waals surface area (Å²) in [7, 11) is 0. The van der Waals surface area contributed by atoms with Crippen molar-refractivity contribution in [1.82, 2.24) is 15.3 Å². The van der Waals surface area contributed by atoms with E-state index in [-0.39, 0.29) is 5.54 Å². The molecule has 0 radical (unpaired) electrons. The van der Waals surface area contributed by atoms with Crippen LogP contribution in [0.1, 0.15) is 51.1 Å². The molecule has 0 aliphatic heterocycles. The molecule has 2 rings (SSSR count). The summed E-state index contributed by atoms with van der Waals surface area (Å²) in [4.78, 5) is 11.4. The van der Waals surface area contributed by atoms with Crippen molar-refractivity contribution >= 4 is 22.7 Å². The van der Waals surface area contributed by atoms with Gasteiger partial charge in [-0.2, -0.15) is 0 Å². The van der Waals surface area contributed by atoms with Gasteiger partial charge in [-0.25, -0.2) is 4.98 Å². The van der Waals surface area contributed by atoms with Crippen LogP contribution in [0.25, 0.3) is 9.88 Å². The van der Waals surface area contributed by atoms with E-state index in [0.29, 0.717) is 5.92 Å². The monoisotopic (exact) mass is 295 g/mol. The Bertz CT molecular complexity index is 521. The van der Waals surface area contributed by atoms with Gasteiger partial charge in [0.2, 0.25) is 0 Å². The quantitative estimate of drug-likeness (QED) is 0.915. The summed E-state index contributed by atoms with van der Waals surface area (Å²) in [6.45, 7) is 11.8. The normalized spacial score (nSPS) is 12.3. The van der Waals surface area contributed by atoms with Crippen molar-refractivity contribution in [2.24, 2.45) is 0 Å². The van der Waals surface area contributed by atoms with Gasteiger partial charge in [-0.05, 0) is 26.7 Å². The van der Waals surface area contributed by atoms with E-state index in [2.05, 4.69) is 44.9 Å². The van der Waals surface area contributed by atoms with E-state index in [1.807, 2.05) is 11.7 Å². The molecular formula is C14H21N3S2. The second-order valence-corrected chi connectivity index (χ2v) is 7.92. The largest absolute Gasteiger partial charge is 0.307 e. The van der Waals surface area contributed by atoms with Crippen LogP contribution in [0.15, 0.2) is 11.7 Å². The Kier molecular flexibility index (Phi) is 4.38. The smallest absolute Gasteiger partial charge is 0.135 e. The van der Waals surface area contributed by atoms with Gasteiger partial charge in [0, 0.05) is 23.2 Å². The second kappa shape index (κ2) is 5.69. The average molecular weight is 295 g/mol. The number of nitrogens with zero attached hydrogens (tertiary/aromatic N) is 2. The number of nitrogens with one attached hydrogen (secondary N) is 1. The van der Waals surface area contributed by atoms with Crippen molar-refractivity contribution in [3.8, 4) is 9.88 Å². The molecule has 5 heteroatoms. The summed E-state index contributed by atoms with van der Waals surface area (Å²) in [6, 6.07) is 0. The minimum atomic E-state index is 0.128. The highest BCUT2D eigenvalue weighted by atomic mass is 32.1. The van der Waals surface area contributed by atoms with Crippen LogP contribution in [0.3, 0.4) is 0 Å². The highest BCUT2D eigenvalue weighted by Gasteiger charge is 2.18. The number of rotatable bonds is 4. The van der Waals surface area contributed by atoms with E-state index in [0.717, 1.165) is 16.4 Å². The number of aromatic nitrogens is 2.